The van der Waals surface area contributed by atoms with Gasteiger partial charge in [0.25, 0.3) is 0 Å². The molecule has 0 bridgehead atoms. The molecule has 3 aromatic rings. The Morgan fingerprint density at radius 2 is 1.79 bits per heavy atom. The average molecular weight is 578 g/mol. The Kier molecular flexibility index (Phi) is 9.13. The molecular formula is C31H31NO10. The first kappa shape index (κ1) is 29.2. The predicted molar refractivity (Wildman–Crippen MR) is 147 cm³/mol. The smallest absolute Gasteiger partial charge is 0.332 e. The van der Waals surface area contributed by atoms with Crippen LogP contribution in [0.25, 0.3) is 6.08 Å². The standard InChI is InChI=1S/C31H31NO10/c1-18(29(35)36)39-28-26(32-19(2)33)31(41-25-17-38-30(42-27(25)28)24-9-6-16-37-24)40-22-13-11-21(12-14-22)23(34)15-10-20-7-4-3-5-8-20/h3-16,18,25-28,30-31H,17H2,1-2H3,(H,32,33)(H,35,36)/b15-10+. The minimum Gasteiger partial charge on any atom is -0.479 e. The molecule has 7 unspecified atom stereocenters. The monoisotopic (exact) mass is 577 g/mol. The summed E-state index contributed by atoms with van der Waals surface area (Å²) < 4.78 is 35.6. The molecule has 2 aliphatic heterocycles. The number of carboxylic acids is 1. The van der Waals surface area contributed by atoms with Crippen LogP contribution in [-0.4, -0.2) is 66.1 Å². The lowest BCUT2D eigenvalue weighted by molar-refractivity contribution is -0.343. The number of hydrogen-bond donors (Lipinski definition) is 2. The van der Waals surface area contributed by atoms with Gasteiger partial charge in [0.15, 0.2) is 17.6 Å². The van der Waals surface area contributed by atoms with E-state index in [9.17, 15) is 19.5 Å². The van der Waals surface area contributed by atoms with Crippen LogP contribution in [0.4, 0.5) is 0 Å². The summed E-state index contributed by atoms with van der Waals surface area (Å²) in [5, 5.41) is 12.3. The van der Waals surface area contributed by atoms with Crippen LogP contribution in [0, 0.1) is 0 Å². The van der Waals surface area contributed by atoms with E-state index >= 15 is 0 Å². The molecule has 2 aliphatic rings. The molecule has 0 spiro atoms. The third-order valence-electron chi connectivity index (χ3n) is 6.81. The number of aliphatic carboxylic acids is 1. The van der Waals surface area contributed by atoms with Gasteiger partial charge >= 0.3 is 5.97 Å². The normalized spacial score (nSPS) is 26.2. The molecule has 11 nitrogen and oxygen atoms in total. The summed E-state index contributed by atoms with van der Waals surface area (Å²) in [4.78, 5) is 36.6. The summed E-state index contributed by atoms with van der Waals surface area (Å²) in [6.07, 6.45) is -1.05. The van der Waals surface area contributed by atoms with Crippen LogP contribution in [0.2, 0.25) is 0 Å². The fraction of sp³-hybridized carbons (Fsp3) is 0.323. The van der Waals surface area contributed by atoms with Gasteiger partial charge in [0.1, 0.15) is 30.1 Å². The van der Waals surface area contributed by atoms with Gasteiger partial charge < -0.3 is 38.5 Å². The molecule has 7 atom stereocenters. The Balaban J connectivity index is 1.35. The van der Waals surface area contributed by atoms with Crippen LogP contribution in [-0.2, 0) is 28.5 Å². The number of hydrogen-bond acceptors (Lipinski definition) is 9. The number of carbonyl (C=O) groups is 3. The first-order chi connectivity index (χ1) is 20.3. The largest absolute Gasteiger partial charge is 0.479 e. The number of allylic oxidation sites excluding steroid dienone is 1. The van der Waals surface area contributed by atoms with E-state index in [4.69, 9.17) is 28.1 Å². The van der Waals surface area contributed by atoms with Gasteiger partial charge in [-0.2, -0.15) is 0 Å². The summed E-state index contributed by atoms with van der Waals surface area (Å²) in [6, 6.07) is 18.3. The molecular weight excluding hydrogens is 546 g/mol. The van der Waals surface area contributed by atoms with Gasteiger partial charge in [-0.25, -0.2) is 4.79 Å². The molecule has 5 rings (SSSR count). The predicted octanol–water partition coefficient (Wildman–Crippen LogP) is 3.76. The molecule has 1 aromatic heterocycles. The first-order valence-corrected chi connectivity index (χ1v) is 13.4. The molecule has 42 heavy (non-hydrogen) atoms. The minimum atomic E-state index is -1.23. The molecule has 0 radical (unpaired) electrons. The number of ketones is 1. The first-order valence-electron chi connectivity index (χ1n) is 13.4. The average Bonchev–Trinajstić information content (AvgIpc) is 3.53. The number of nitrogens with one attached hydrogen (secondary N) is 1. The Bertz CT molecular complexity index is 1390. The number of rotatable bonds is 10. The van der Waals surface area contributed by atoms with Crippen molar-refractivity contribution >= 4 is 23.7 Å². The zero-order valence-corrected chi connectivity index (χ0v) is 23.0. The molecule has 2 saturated heterocycles. The highest BCUT2D eigenvalue weighted by Crippen LogP contribution is 2.36. The number of amides is 1. The van der Waals surface area contributed by atoms with Crippen molar-refractivity contribution in [2.24, 2.45) is 0 Å². The third kappa shape index (κ3) is 6.94. The van der Waals surface area contributed by atoms with Crippen molar-refractivity contribution in [1.29, 1.82) is 0 Å². The second-order valence-electron chi connectivity index (χ2n) is 9.88. The van der Waals surface area contributed by atoms with Crippen molar-refractivity contribution in [2.75, 3.05) is 6.61 Å². The van der Waals surface area contributed by atoms with Crippen LogP contribution in [0.15, 0.2) is 83.5 Å². The van der Waals surface area contributed by atoms with Crippen LogP contribution < -0.4 is 10.1 Å². The molecule has 0 saturated carbocycles. The van der Waals surface area contributed by atoms with Crippen LogP contribution >= 0.6 is 0 Å². The maximum atomic E-state index is 12.7. The van der Waals surface area contributed by atoms with Crippen molar-refractivity contribution in [2.45, 2.75) is 56.9 Å². The Morgan fingerprint density at radius 3 is 2.45 bits per heavy atom. The van der Waals surface area contributed by atoms with Crippen molar-refractivity contribution in [3.05, 3.63) is 96.0 Å². The lowest BCUT2D eigenvalue weighted by atomic mass is 9.95. The maximum Gasteiger partial charge on any atom is 0.332 e. The van der Waals surface area contributed by atoms with Crippen LogP contribution in [0.1, 0.15) is 41.8 Å². The minimum absolute atomic E-state index is 0.0607. The summed E-state index contributed by atoms with van der Waals surface area (Å²) in [5.74, 6) is -1.01. The van der Waals surface area contributed by atoms with Gasteiger partial charge in [0.2, 0.25) is 18.5 Å². The van der Waals surface area contributed by atoms with Crippen molar-refractivity contribution < 1.29 is 47.6 Å². The molecule has 2 aromatic carbocycles. The number of benzene rings is 2. The summed E-state index contributed by atoms with van der Waals surface area (Å²) in [5.41, 5.74) is 1.36. The van der Waals surface area contributed by atoms with Gasteiger partial charge in [0, 0.05) is 12.5 Å². The number of fused-ring (bicyclic) bond motifs is 1. The highest BCUT2D eigenvalue weighted by molar-refractivity contribution is 6.06. The molecule has 1 amide bonds. The topological polar surface area (TPSA) is 143 Å². The van der Waals surface area contributed by atoms with E-state index in [1.807, 2.05) is 30.3 Å². The molecule has 0 aliphatic carbocycles. The number of ether oxygens (including phenoxy) is 5. The number of carboxylic acid groups (broad SMARTS) is 1. The zero-order valence-electron chi connectivity index (χ0n) is 23.0. The van der Waals surface area contributed by atoms with Gasteiger partial charge in [0.05, 0.1) is 12.9 Å². The molecule has 3 heterocycles. The molecule has 2 N–H and O–H groups in total. The van der Waals surface area contributed by atoms with Crippen LogP contribution in [0.3, 0.4) is 0 Å². The van der Waals surface area contributed by atoms with E-state index in [-0.39, 0.29) is 12.4 Å². The zero-order chi connectivity index (χ0) is 29.6. The maximum absolute atomic E-state index is 12.7. The van der Waals surface area contributed by atoms with E-state index in [0.717, 1.165) is 5.56 Å². The fourth-order valence-electron chi connectivity index (χ4n) is 4.75. The Morgan fingerprint density at radius 1 is 1.02 bits per heavy atom. The van der Waals surface area contributed by atoms with Gasteiger partial charge in [-0.05, 0) is 55.0 Å². The summed E-state index contributed by atoms with van der Waals surface area (Å²) in [7, 11) is 0. The third-order valence-corrected chi connectivity index (χ3v) is 6.81. The lowest BCUT2D eigenvalue weighted by Crippen LogP contribution is -2.68. The lowest BCUT2D eigenvalue weighted by Gasteiger charge is -2.49. The second kappa shape index (κ2) is 13.1. The van der Waals surface area contributed by atoms with E-state index in [1.165, 1.54) is 26.2 Å². The second-order valence-corrected chi connectivity index (χ2v) is 9.88. The fourth-order valence-corrected chi connectivity index (χ4v) is 4.75. The Hall–Kier alpha value is -4.29. The number of furan rings is 1. The molecule has 2 fully saturated rings. The summed E-state index contributed by atoms with van der Waals surface area (Å²) >= 11 is 0. The quantitative estimate of drug-likeness (QED) is 0.270. The van der Waals surface area contributed by atoms with Crippen molar-refractivity contribution in [3.8, 4) is 5.75 Å². The summed E-state index contributed by atoms with van der Waals surface area (Å²) in [6.45, 7) is 2.77. The van der Waals surface area contributed by atoms with Crippen molar-refractivity contribution in [1.82, 2.24) is 5.32 Å². The van der Waals surface area contributed by atoms with E-state index in [1.54, 1.807) is 42.5 Å². The number of carbonyl (C=O) groups excluding carboxylic acids is 2. The highest BCUT2D eigenvalue weighted by atomic mass is 16.8. The SMILES string of the molecule is CC(=O)NC1C(Oc2ccc(C(=O)/C=C/c3ccccc3)cc2)OC2COC(c3ccco3)OC2C1OC(C)C(=O)O. The van der Waals surface area contributed by atoms with Gasteiger partial charge in [-0.15, -0.1) is 0 Å². The van der Waals surface area contributed by atoms with E-state index < -0.39 is 54.9 Å². The van der Waals surface area contributed by atoms with E-state index in [2.05, 4.69) is 5.32 Å². The molecule has 220 valence electrons. The van der Waals surface area contributed by atoms with Gasteiger partial charge in [-0.3, -0.25) is 9.59 Å². The Labute approximate surface area is 242 Å². The van der Waals surface area contributed by atoms with Gasteiger partial charge in [-0.1, -0.05) is 36.4 Å². The van der Waals surface area contributed by atoms with E-state index in [0.29, 0.717) is 17.1 Å². The van der Waals surface area contributed by atoms with Crippen LogP contribution in [0.5, 0.6) is 5.75 Å². The highest BCUT2D eigenvalue weighted by Gasteiger charge is 2.53. The molecule has 11 heteroatoms. The van der Waals surface area contributed by atoms with Crippen molar-refractivity contribution in [3.63, 3.8) is 0 Å².